The van der Waals surface area contributed by atoms with Crippen molar-refractivity contribution < 1.29 is 57.3 Å². The smallest absolute Gasteiger partial charge is 0.329 e. The lowest BCUT2D eigenvalue weighted by Crippen LogP contribution is -2.46. The molecule has 0 spiro atoms. The van der Waals surface area contributed by atoms with E-state index >= 15 is 0 Å². The summed E-state index contributed by atoms with van der Waals surface area (Å²) in [7, 11) is 0. The number of esters is 4. The van der Waals surface area contributed by atoms with Gasteiger partial charge in [-0.1, -0.05) is 37.6 Å². The Hall–Kier alpha value is -5.81. The maximum Gasteiger partial charge on any atom is 0.329 e. The summed E-state index contributed by atoms with van der Waals surface area (Å²) in [5, 5.41) is 13.1. The highest BCUT2D eigenvalue weighted by atomic mass is 16.6. The maximum atomic E-state index is 12.9. The summed E-state index contributed by atoms with van der Waals surface area (Å²) in [5.74, 6) is -7.52. The van der Waals surface area contributed by atoms with Crippen molar-refractivity contribution in [3.8, 4) is 0 Å². The molecule has 0 radical (unpaired) electrons. The minimum Gasteiger partial charge on any atom is -0.454 e. The largest absolute Gasteiger partial charge is 0.454 e. The monoisotopic (exact) mass is 672 g/mol. The Morgan fingerprint density at radius 2 is 1.15 bits per heavy atom. The van der Waals surface area contributed by atoms with Crippen LogP contribution in [0.1, 0.15) is 30.0 Å². The van der Waals surface area contributed by atoms with Gasteiger partial charge in [0.1, 0.15) is 25.7 Å². The topological polar surface area (TPSA) is 239 Å². The van der Waals surface area contributed by atoms with E-state index in [4.69, 9.17) is 9.47 Å². The molecule has 1 aromatic heterocycles. The molecule has 0 bridgehead atoms. The second-order valence-corrected chi connectivity index (χ2v) is 10.4. The summed E-state index contributed by atoms with van der Waals surface area (Å²) >= 11 is 0. The normalized spacial score (nSPS) is 18.5. The molecule has 0 saturated carbocycles. The van der Waals surface area contributed by atoms with Crippen LogP contribution in [0.4, 0.5) is 0 Å². The highest BCUT2D eigenvalue weighted by molar-refractivity contribution is 5.90. The first-order valence-corrected chi connectivity index (χ1v) is 14.8. The summed E-state index contributed by atoms with van der Waals surface area (Å²) < 4.78 is 21.0. The highest BCUT2D eigenvalue weighted by Crippen LogP contribution is 2.11. The molecule has 1 saturated heterocycles. The fourth-order valence-corrected chi connectivity index (χ4v) is 4.04. The van der Waals surface area contributed by atoms with Crippen LogP contribution in [-0.2, 0) is 76.7 Å². The van der Waals surface area contributed by atoms with Gasteiger partial charge < -0.3 is 40.2 Å². The molecule has 4 N–H and O–H groups in total. The molecule has 1 unspecified atom stereocenters. The number of cyclic esters (lactones) is 4. The van der Waals surface area contributed by atoms with Crippen LogP contribution in [0, 0.1) is 0 Å². The van der Waals surface area contributed by atoms with Crippen LogP contribution in [0.5, 0.6) is 0 Å². The van der Waals surface area contributed by atoms with Gasteiger partial charge in [-0.25, -0.2) is 4.79 Å². The van der Waals surface area contributed by atoms with E-state index in [1.54, 1.807) is 16.8 Å². The van der Waals surface area contributed by atoms with E-state index in [1.165, 1.54) is 0 Å². The van der Waals surface area contributed by atoms with Gasteiger partial charge in [-0.15, -0.1) is 0 Å². The summed E-state index contributed by atoms with van der Waals surface area (Å²) in [6.45, 7) is -2.61. The lowest BCUT2D eigenvalue weighted by Gasteiger charge is -2.18. The Bertz CT molecular complexity index is 1490. The molecule has 3 rings (SSSR count). The van der Waals surface area contributed by atoms with Gasteiger partial charge in [0.15, 0.2) is 26.4 Å². The molecule has 258 valence electrons. The van der Waals surface area contributed by atoms with Crippen molar-refractivity contribution in [3.63, 3.8) is 0 Å². The van der Waals surface area contributed by atoms with Gasteiger partial charge in [-0.05, 0) is 23.1 Å². The van der Waals surface area contributed by atoms with Crippen molar-refractivity contribution >= 4 is 47.5 Å². The number of nitrogens with one attached hydrogen (secondary N) is 4. The zero-order chi connectivity index (χ0) is 34.9. The molecule has 0 aliphatic carbocycles. The predicted molar refractivity (Wildman–Crippen MR) is 160 cm³/mol. The number of aryl methyl sites for hydroxylation is 1. The van der Waals surface area contributed by atoms with Gasteiger partial charge in [0.05, 0.1) is 12.7 Å². The molecule has 2 heterocycles. The van der Waals surface area contributed by atoms with Crippen molar-refractivity contribution in [2.24, 2.45) is 0 Å². The summed E-state index contributed by atoms with van der Waals surface area (Å²) in [6, 6.07) is 5.83. The van der Waals surface area contributed by atoms with Gasteiger partial charge in [0, 0.05) is 12.6 Å². The Morgan fingerprint density at radius 3 is 1.67 bits per heavy atom. The van der Waals surface area contributed by atoms with Crippen molar-refractivity contribution in [1.82, 2.24) is 31.0 Å². The van der Waals surface area contributed by atoms with Gasteiger partial charge in [0.25, 0.3) is 23.6 Å². The second kappa shape index (κ2) is 19.0. The Balaban J connectivity index is 1.65. The SMILES string of the molecule is CCCc1cnn(Cc2ccc(CC3NC(=O)COC(=O)CNC(=O)COC(=O)CNC(=O)COC(=O)CNC(=O)COC3=O)cc2)c1. The van der Waals surface area contributed by atoms with Crippen LogP contribution in [0.2, 0.25) is 0 Å². The Labute approximate surface area is 274 Å². The minimum atomic E-state index is -1.32. The van der Waals surface area contributed by atoms with Crippen LogP contribution in [0.15, 0.2) is 36.7 Å². The van der Waals surface area contributed by atoms with Crippen LogP contribution >= 0.6 is 0 Å². The van der Waals surface area contributed by atoms with Gasteiger partial charge in [-0.3, -0.25) is 38.2 Å². The average molecular weight is 673 g/mol. The first-order valence-electron chi connectivity index (χ1n) is 14.8. The molecule has 48 heavy (non-hydrogen) atoms. The second-order valence-electron chi connectivity index (χ2n) is 10.4. The van der Waals surface area contributed by atoms with E-state index in [0.717, 1.165) is 24.0 Å². The third kappa shape index (κ3) is 13.7. The number of nitrogens with zero attached hydrogens (tertiary/aromatic N) is 2. The quantitative estimate of drug-likeness (QED) is 0.183. The summed E-state index contributed by atoms with van der Waals surface area (Å²) in [6.07, 6.45) is 5.64. The Kier molecular flexibility index (Phi) is 14.5. The summed E-state index contributed by atoms with van der Waals surface area (Å²) in [5.41, 5.74) is 2.68. The Morgan fingerprint density at radius 1 is 0.667 bits per heavy atom. The van der Waals surface area contributed by atoms with Crippen molar-refractivity contribution in [1.29, 1.82) is 0 Å². The zero-order valence-corrected chi connectivity index (χ0v) is 26.1. The molecule has 18 nitrogen and oxygen atoms in total. The van der Waals surface area contributed by atoms with Gasteiger partial charge in [0.2, 0.25) is 0 Å². The number of hydrogen-bond donors (Lipinski definition) is 4. The van der Waals surface area contributed by atoms with Crippen LogP contribution in [0.3, 0.4) is 0 Å². The number of amides is 4. The lowest BCUT2D eigenvalue weighted by molar-refractivity contribution is -0.154. The van der Waals surface area contributed by atoms with Crippen molar-refractivity contribution in [2.75, 3.05) is 46.1 Å². The molecule has 18 heteroatoms. The van der Waals surface area contributed by atoms with Crippen LogP contribution < -0.4 is 21.3 Å². The fourth-order valence-electron chi connectivity index (χ4n) is 4.04. The van der Waals surface area contributed by atoms with E-state index in [-0.39, 0.29) is 6.42 Å². The molecular weight excluding hydrogens is 636 g/mol. The molecule has 2 aromatic rings. The molecule has 1 fully saturated rings. The highest BCUT2D eigenvalue weighted by Gasteiger charge is 2.25. The molecule has 4 amide bonds. The number of aromatic nitrogens is 2. The van der Waals surface area contributed by atoms with E-state index < -0.39 is 99.6 Å². The number of hydrogen-bond acceptors (Lipinski definition) is 13. The number of rotatable bonds is 6. The summed E-state index contributed by atoms with van der Waals surface area (Å²) in [4.78, 5) is 97.0. The van der Waals surface area contributed by atoms with E-state index in [0.29, 0.717) is 12.1 Å². The number of carbonyl (C=O) groups excluding carboxylic acids is 8. The van der Waals surface area contributed by atoms with E-state index in [1.807, 2.05) is 24.5 Å². The number of benzene rings is 1. The predicted octanol–water partition coefficient (Wildman–Crippen LogP) is -2.55. The average Bonchev–Trinajstić information content (AvgIpc) is 3.51. The van der Waals surface area contributed by atoms with Gasteiger partial charge in [-0.2, -0.15) is 5.10 Å². The lowest BCUT2D eigenvalue weighted by atomic mass is 10.0. The van der Waals surface area contributed by atoms with Crippen LogP contribution in [-0.4, -0.2) is 109 Å². The number of carbonyl (C=O) groups is 8. The fraction of sp³-hybridized carbons (Fsp3) is 0.433. The third-order valence-electron chi connectivity index (χ3n) is 6.38. The van der Waals surface area contributed by atoms with Crippen molar-refractivity contribution in [3.05, 3.63) is 53.3 Å². The van der Waals surface area contributed by atoms with Crippen molar-refractivity contribution in [2.45, 2.75) is 38.8 Å². The minimum absolute atomic E-state index is 0.0635. The molecule has 1 aliphatic heterocycles. The molecule has 1 atom stereocenters. The molecule has 1 aliphatic rings. The van der Waals surface area contributed by atoms with Crippen LogP contribution in [0.25, 0.3) is 0 Å². The molecular formula is C30H36N6O12. The molecule has 1 aromatic carbocycles. The van der Waals surface area contributed by atoms with E-state index in [9.17, 15) is 38.4 Å². The maximum absolute atomic E-state index is 12.9. The first kappa shape index (κ1) is 36.7. The third-order valence-corrected chi connectivity index (χ3v) is 6.38. The zero-order valence-electron chi connectivity index (χ0n) is 26.1. The number of ether oxygens (including phenoxy) is 4. The standard InChI is InChI=1S/C30H36N6O12/c1-2-3-21-9-34-36(14-21)13-20-6-4-19(5-7-20)8-22-30(44)48-17-25(39)33-11-28(42)46-15-23(37)31-10-27(41)45-16-24(38)32-12-29(43)47-18-26(40)35-22/h4-7,9,14,22H,2-3,8,10-13,15-18H2,1H3,(H,31,37)(H,32,38)(H,33,39)(H,35,40). The first-order chi connectivity index (χ1) is 23.0. The van der Waals surface area contributed by atoms with Gasteiger partial charge >= 0.3 is 23.9 Å². The van der Waals surface area contributed by atoms with E-state index in [2.05, 4.69) is 42.8 Å².